The second-order valence-corrected chi connectivity index (χ2v) is 6.57. The Bertz CT molecular complexity index is 886. The number of amides is 2. The fourth-order valence-corrected chi connectivity index (χ4v) is 2.96. The van der Waals surface area contributed by atoms with Crippen LogP contribution in [0, 0.1) is 0 Å². The Labute approximate surface area is 164 Å². The molecule has 0 aromatic heterocycles. The molecule has 0 unspecified atom stereocenters. The van der Waals surface area contributed by atoms with E-state index in [9.17, 15) is 9.59 Å². The Hall–Kier alpha value is -3.60. The van der Waals surface area contributed by atoms with Gasteiger partial charge in [-0.2, -0.15) is 0 Å². The largest absolute Gasteiger partial charge is 0.374 e. The molecule has 0 saturated carbocycles. The van der Waals surface area contributed by atoms with Crippen molar-refractivity contribution in [2.45, 2.75) is 19.0 Å². The van der Waals surface area contributed by atoms with Crippen molar-refractivity contribution in [2.24, 2.45) is 5.73 Å². The maximum absolute atomic E-state index is 12.8. The topological polar surface area (TPSA) is 84.2 Å². The number of hydrogen-bond acceptors (Lipinski definition) is 3. The van der Waals surface area contributed by atoms with E-state index in [4.69, 9.17) is 5.73 Å². The van der Waals surface area contributed by atoms with Crippen molar-refractivity contribution in [3.8, 4) is 0 Å². The molecule has 0 aliphatic heterocycles. The summed E-state index contributed by atoms with van der Waals surface area (Å²) in [6.45, 7) is 1.80. The van der Waals surface area contributed by atoms with Crippen molar-refractivity contribution in [2.75, 3.05) is 5.32 Å². The van der Waals surface area contributed by atoms with Crippen molar-refractivity contribution >= 4 is 17.5 Å². The molecular weight excluding hydrogens is 350 g/mol. The van der Waals surface area contributed by atoms with Crippen LogP contribution in [0.15, 0.2) is 84.9 Å². The van der Waals surface area contributed by atoms with Gasteiger partial charge in [0.25, 0.3) is 0 Å². The van der Waals surface area contributed by atoms with Crippen LogP contribution in [0.4, 0.5) is 5.69 Å². The summed E-state index contributed by atoms with van der Waals surface area (Å²) in [5.41, 5.74) is 8.45. The van der Waals surface area contributed by atoms with Gasteiger partial charge in [-0.05, 0) is 42.3 Å². The third-order valence-corrected chi connectivity index (χ3v) is 4.50. The van der Waals surface area contributed by atoms with Gasteiger partial charge in [-0.15, -0.1) is 0 Å². The molecule has 5 nitrogen and oxygen atoms in total. The smallest absolute Gasteiger partial charge is 0.248 e. The lowest BCUT2D eigenvalue weighted by Gasteiger charge is -2.23. The molecule has 0 aliphatic rings. The summed E-state index contributed by atoms with van der Waals surface area (Å²) in [5, 5.41) is 6.28. The summed E-state index contributed by atoms with van der Waals surface area (Å²) in [7, 11) is 0. The first-order chi connectivity index (χ1) is 13.5. The Morgan fingerprint density at radius 3 is 1.75 bits per heavy atom. The molecule has 3 aromatic rings. The maximum Gasteiger partial charge on any atom is 0.248 e. The SMILES string of the molecule is C[C@H](Nc1ccc(C(N)=O)cc1)C(=O)NC(c1ccccc1)c1ccccc1. The zero-order chi connectivity index (χ0) is 19.9. The van der Waals surface area contributed by atoms with E-state index in [1.54, 1.807) is 31.2 Å². The van der Waals surface area contributed by atoms with E-state index in [1.807, 2.05) is 60.7 Å². The molecule has 2 amide bonds. The highest BCUT2D eigenvalue weighted by Crippen LogP contribution is 2.22. The third-order valence-electron chi connectivity index (χ3n) is 4.50. The molecule has 0 saturated heterocycles. The minimum absolute atomic E-state index is 0.128. The van der Waals surface area contributed by atoms with Crippen LogP contribution in [0.1, 0.15) is 34.5 Å². The van der Waals surface area contributed by atoms with E-state index >= 15 is 0 Å². The first kappa shape index (κ1) is 19.2. The van der Waals surface area contributed by atoms with E-state index in [0.717, 1.165) is 16.8 Å². The number of rotatable bonds is 7. The highest BCUT2D eigenvalue weighted by atomic mass is 16.2. The molecule has 0 aliphatic carbocycles. The summed E-state index contributed by atoms with van der Waals surface area (Å²) in [4.78, 5) is 24.0. The van der Waals surface area contributed by atoms with Crippen LogP contribution in [-0.4, -0.2) is 17.9 Å². The van der Waals surface area contributed by atoms with Gasteiger partial charge < -0.3 is 16.4 Å². The van der Waals surface area contributed by atoms with Crippen LogP contribution in [-0.2, 0) is 4.79 Å². The van der Waals surface area contributed by atoms with Crippen LogP contribution >= 0.6 is 0 Å². The van der Waals surface area contributed by atoms with Gasteiger partial charge in [0.15, 0.2) is 0 Å². The van der Waals surface area contributed by atoms with Gasteiger partial charge in [0, 0.05) is 11.3 Å². The van der Waals surface area contributed by atoms with E-state index in [1.165, 1.54) is 0 Å². The van der Waals surface area contributed by atoms with Crippen molar-refractivity contribution < 1.29 is 9.59 Å². The Balaban J connectivity index is 1.73. The normalized spacial score (nSPS) is 11.6. The summed E-state index contributed by atoms with van der Waals surface area (Å²) in [6.07, 6.45) is 0. The van der Waals surface area contributed by atoms with Crippen LogP contribution in [0.3, 0.4) is 0 Å². The molecule has 142 valence electrons. The standard InChI is InChI=1S/C23H23N3O2/c1-16(25-20-14-12-19(13-15-20)22(24)27)23(28)26-21(17-8-4-2-5-9-17)18-10-6-3-7-11-18/h2-16,21,25H,1H3,(H2,24,27)(H,26,28)/t16-/m0/s1. The van der Waals surface area contributed by atoms with Crippen molar-refractivity contribution in [3.63, 3.8) is 0 Å². The fourth-order valence-electron chi connectivity index (χ4n) is 2.96. The molecule has 0 bridgehead atoms. The van der Waals surface area contributed by atoms with E-state index in [0.29, 0.717) is 5.56 Å². The first-order valence-corrected chi connectivity index (χ1v) is 9.11. The number of benzene rings is 3. The van der Waals surface area contributed by atoms with Crippen molar-refractivity contribution in [3.05, 3.63) is 102 Å². The molecule has 3 aromatic carbocycles. The van der Waals surface area contributed by atoms with Crippen LogP contribution in [0.5, 0.6) is 0 Å². The Morgan fingerprint density at radius 2 is 1.29 bits per heavy atom. The average molecular weight is 373 g/mol. The molecule has 0 heterocycles. The number of nitrogens with two attached hydrogens (primary N) is 1. The molecule has 28 heavy (non-hydrogen) atoms. The molecular formula is C23H23N3O2. The Morgan fingerprint density at radius 1 is 0.786 bits per heavy atom. The van der Waals surface area contributed by atoms with E-state index < -0.39 is 11.9 Å². The number of primary amides is 1. The number of anilines is 1. The molecule has 5 heteroatoms. The van der Waals surface area contributed by atoms with Crippen molar-refractivity contribution in [1.82, 2.24) is 5.32 Å². The van der Waals surface area contributed by atoms with Crippen LogP contribution < -0.4 is 16.4 Å². The highest BCUT2D eigenvalue weighted by molar-refractivity contribution is 5.93. The summed E-state index contributed by atoms with van der Waals surface area (Å²) < 4.78 is 0. The number of nitrogens with one attached hydrogen (secondary N) is 2. The molecule has 0 radical (unpaired) electrons. The fraction of sp³-hybridized carbons (Fsp3) is 0.130. The van der Waals surface area contributed by atoms with Gasteiger partial charge >= 0.3 is 0 Å². The lowest BCUT2D eigenvalue weighted by molar-refractivity contribution is -0.122. The van der Waals surface area contributed by atoms with Gasteiger partial charge in [0.05, 0.1) is 6.04 Å². The zero-order valence-corrected chi connectivity index (χ0v) is 15.6. The summed E-state index contributed by atoms with van der Waals surface area (Å²) in [5.74, 6) is -0.609. The summed E-state index contributed by atoms with van der Waals surface area (Å²) >= 11 is 0. The van der Waals surface area contributed by atoms with Gasteiger partial charge in [-0.3, -0.25) is 9.59 Å². The average Bonchev–Trinajstić information content (AvgIpc) is 2.73. The summed E-state index contributed by atoms with van der Waals surface area (Å²) in [6, 6.07) is 25.8. The van der Waals surface area contributed by atoms with Crippen molar-refractivity contribution in [1.29, 1.82) is 0 Å². The Kier molecular flexibility index (Phi) is 6.07. The highest BCUT2D eigenvalue weighted by Gasteiger charge is 2.20. The molecule has 4 N–H and O–H groups in total. The minimum atomic E-state index is -0.481. The second-order valence-electron chi connectivity index (χ2n) is 6.57. The molecule has 0 spiro atoms. The van der Waals surface area contributed by atoms with Gasteiger partial charge in [0.1, 0.15) is 6.04 Å². The monoisotopic (exact) mass is 373 g/mol. The molecule has 1 atom stereocenters. The number of carbonyl (C=O) groups is 2. The van der Waals surface area contributed by atoms with Crippen LogP contribution in [0.25, 0.3) is 0 Å². The quantitative estimate of drug-likeness (QED) is 0.593. The van der Waals surface area contributed by atoms with E-state index in [2.05, 4.69) is 10.6 Å². The predicted molar refractivity (Wildman–Crippen MR) is 111 cm³/mol. The third kappa shape index (κ3) is 4.76. The van der Waals surface area contributed by atoms with Gasteiger partial charge in [0.2, 0.25) is 11.8 Å². The van der Waals surface area contributed by atoms with Gasteiger partial charge in [-0.25, -0.2) is 0 Å². The molecule has 3 rings (SSSR count). The minimum Gasteiger partial charge on any atom is -0.374 e. The van der Waals surface area contributed by atoms with E-state index in [-0.39, 0.29) is 11.9 Å². The lowest BCUT2D eigenvalue weighted by atomic mass is 9.98. The zero-order valence-electron chi connectivity index (χ0n) is 15.6. The van der Waals surface area contributed by atoms with Gasteiger partial charge in [-0.1, -0.05) is 60.7 Å². The predicted octanol–water partition coefficient (Wildman–Crippen LogP) is 3.49. The van der Waals surface area contributed by atoms with Crippen LogP contribution in [0.2, 0.25) is 0 Å². The lowest BCUT2D eigenvalue weighted by Crippen LogP contribution is -2.40. The maximum atomic E-state index is 12.8. The molecule has 0 fully saturated rings. The first-order valence-electron chi connectivity index (χ1n) is 9.11. The number of hydrogen-bond donors (Lipinski definition) is 3. The second kappa shape index (κ2) is 8.86. The number of carbonyl (C=O) groups excluding carboxylic acids is 2.